The maximum Gasteiger partial charge on any atom is 0.142 e. The van der Waals surface area contributed by atoms with Gasteiger partial charge in [0, 0.05) is 22.5 Å². The third kappa shape index (κ3) is 2.86. The molecule has 0 amide bonds. The summed E-state index contributed by atoms with van der Waals surface area (Å²) in [5.74, 6) is 7.00. The number of hydrazine groups is 1. The first-order valence-corrected chi connectivity index (χ1v) is 7.25. The van der Waals surface area contributed by atoms with E-state index in [-0.39, 0.29) is 0 Å². The van der Waals surface area contributed by atoms with Crippen LogP contribution in [0.25, 0.3) is 21.7 Å². The zero-order valence-electron chi connectivity index (χ0n) is 12.9. The van der Waals surface area contributed by atoms with E-state index in [1.807, 2.05) is 42.6 Å². The maximum absolute atomic E-state index is 5.56. The van der Waals surface area contributed by atoms with Crippen LogP contribution in [0.3, 0.4) is 0 Å². The Morgan fingerprint density at radius 2 is 2.13 bits per heavy atom. The van der Waals surface area contributed by atoms with Crippen molar-refractivity contribution < 1.29 is 4.74 Å². The Morgan fingerprint density at radius 1 is 1.30 bits per heavy atom. The van der Waals surface area contributed by atoms with Gasteiger partial charge in [0.15, 0.2) is 0 Å². The summed E-state index contributed by atoms with van der Waals surface area (Å²) in [6.07, 6.45) is 3.57. The van der Waals surface area contributed by atoms with E-state index < -0.39 is 0 Å². The maximum atomic E-state index is 5.56. The van der Waals surface area contributed by atoms with E-state index in [0.717, 1.165) is 33.0 Å². The number of aromatic nitrogens is 1. The molecule has 0 radical (unpaired) electrons. The average molecular weight is 306 g/mol. The van der Waals surface area contributed by atoms with Crippen LogP contribution in [0.1, 0.15) is 5.56 Å². The first-order chi connectivity index (χ1) is 11.3. The van der Waals surface area contributed by atoms with Crippen LogP contribution < -0.4 is 16.0 Å². The van der Waals surface area contributed by atoms with E-state index in [0.29, 0.717) is 12.4 Å². The molecule has 0 bridgehead atoms. The Kier molecular flexibility index (Phi) is 4.21. The molecule has 3 aromatic rings. The van der Waals surface area contributed by atoms with E-state index in [9.17, 15) is 0 Å². The smallest absolute Gasteiger partial charge is 0.142 e. The average Bonchev–Trinajstić information content (AvgIpc) is 2.61. The van der Waals surface area contributed by atoms with Crippen molar-refractivity contribution in [1.82, 2.24) is 10.4 Å². The molecule has 0 spiro atoms. The van der Waals surface area contributed by atoms with Gasteiger partial charge in [-0.15, -0.1) is 6.58 Å². The number of nitrogens with zero attached hydrogens (tertiary/aromatic N) is 2. The lowest BCUT2D eigenvalue weighted by atomic mass is 10.0. The number of pyridine rings is 1. The van der Waals surface area contributed by atoms with Gasteiger partial charge in [-0.05, 0) is 29.7 Å². The van der Waals surface area contributed by atoms with Crippen molar-refractivity contribution in [3.8, 4) is 5.75 Å². The topological polar surface area (TPSA) is 72.5 Å². The summed E-state index contributed by atoms with van der Waals surface area (Å²) < 4.78 is 5.26. The third-order valence-electron chi connectivity index (χ3n) is 3.68. The minimum absolute atomic E-state index is 0.502. The van der Waals surface area contributed by atoms with Crippen LogP contribution >= 0.6 is 0 Å². The van der Waals surface area contributed by atoms with E-state index >= 15 is 0 Å². The van der Waals surface area contributed by atoms with Crippen LogP contribution in [-0.4, -0.2) is 24.5 Å². The van der Waals surface area contributed by atoms with Crippen molar-refractivity contribution in [2.24, 2.45) is 10.8 Å². The van der Waals surface area contributed by atoms with Gasteiger partial charge in [-0.1, -0.05) is 18.2 Å². The minimum atomic E-state index is 0.502. The van der Waals surface area contributed by atoms with Gasteiger partial charge in [-0.25, -0.2) is 5.84 Å². The quantitative estimate of drug-likeness (QED) is 0.194. The molecular formula is C18H18N4O. The first kappa shape index (κ1) is 15.0. The number of amidine groups is 1. The number of benzene rings is 2. The number of methoxy groups -OCH3 is 1. The van der Waals surface area contributed by atoms with Crippen LogP contribution in [0.5, 0.6) is 5.75 Å². The van der Waals surface area contributed by atoms with Crippen molar-refractivity contribution in [3.63, 3.8) is 0 Å². The second-order valence-electron chi connectivity index (χ2n) is 5.07. The number of nitrogens with two attached hydrogens (primary N) is 1. The lowest BCUT2D eigenvalue weighted by Gasteiger charge is -2.09. The molecule has 5 nitrogen and oxygen atoms in total. The highest BCUT2D eigenvalue weighted by Gasteiger charge is 2.07. The van der Waals surface area contributed by atoms with Crippen molar-refractivity contribution in [1.29, 1.82) is 0 Å². The monoisotopic (exact) mass is 306 g/mol. The minimum Gasteiger partial charge on any atom is -0.497 e. The Hall–Kier alpha value is -2.92. The Bertz CT molecular complexity index is 902. The van der Waals surface area contributed by atoms with Gasteiger partial charge in [0.25, 0.3) is 0 Å². The van der Waals surface area contributed by atoms with Crippen LogP contribution in [0, 0.1) is 0 Å². The van der Waals surface area contributed by atoms with E-state index in [4.69, 9.17) is 10.6 Å². The van der Waals surface area contributed by atoms with Crippen molar-refractivity contribution in [2.45, 2.75) is 0 Å². The molecule has 2 aromatic carbocycles. The zero-order chi connectivity index (χ0) is 16.2. The Labute approximate surface area is 134 Å². The molecule has 0 aliphatic carbocycles. The highest BCUT2D eigenvalue weighted by atomic mass is 16.5. The number of hydrogen-bond donors (Lipinski definition) is 2. The lowest BCUT2D eigenvalue weighted by molar-refractivity contribution is 0.415. The van der Waals surface area contributed by atoms with E-state index in [1.165, 1.54) is 0 Å². The molecule has 0 fully saturated rings. The fourth-order valence-corrected chi connectivity index (χ4v) is 2.55. The highest BCUT2D eigenvalue weighted by Crippen LogP contribution is 2.27. The van der Waals surface area contributed by atoms with Gasteiger partial charge >= 0.3 is 0 Å². The van der Waals surface area contributed by atoms with Crippen LogP contribution in [0.4, 0.5) is 0 Å². The molecule has 0 saturated carbocycles. The molecular weight excluding hydrogens is 288 g/mol. The number of rotatable bonds is 4. The van der Waals surface area contributed by atoms with Crippen LogP contribution in [0.2, 0.25) is 0 Å². The largest absolute Gasteiger partial charge is 0.497 e. The van der Waals surface area contributed by atoms with Gasteiger partial charge in [-0.2, -0.15) is 0 Å². The van der Waals surface area contributed by atoms with Gasteiger partial charge in [0.2, 0.25) is 0 Å². The predicted octanol–water partition coefficient (Wildman–Crippen LogP) is 2.79. The molecule has 0 saturated heterocycles. The van der Waals surface area contributed by atoms with E-state index in [2.05, 4.69) is 22.0 Å². The van der Waals surface area contributed by atoms with Crippen molar-refractivity contribution >= 4 is 27.5 Å². The first-order valence-electron chi connectivity index (χ1n) is 7.25. The van der Waals surface area contributed by atoms with Crippen LogP contribution in [0.15, 0.2) is 60.2 Å². The summed E-state index contributed by atoms with van der Waals surface area (Å²) in [6.45, 7) is 4.16. The summed E-state index contributed by atoms with van der Waals surface area (Å²) in [5, 5.41) is 3.25. The molecule has 0 atom stereocenters. The molecule has 1 heterocycles. The second-order valence-corrected chi connectivity index (χ2v) is 5.07. The number of ether oxygens (including phenoxy) is 1. The summed E-state index contributed by atoms with van der Waals surface area (Å²) in [7, 11) is 1.66. The highest BCUT2D eigenvalue weighted by molar-refractivity contribution is 6.08. The molecule has 0 aliphatic heterocycles. The normalized spacial score (nSPS) is 11.7. The summed E-state index contributed by atoms with van der Waals surface area (Å²) in [6, 6.07) is 12.0. The number of hydrogen-bond acceptors (Lipinski definition) is 4. The lowest BCUT2D eigenvalue weighted by Crippen LogP contribution is -2.31. The summed E-state index contributed by atoms with van der Waals surface area (Å²) in [4.78, 5) is 8.88. The number of aliphatic imine (C=N–C) groups is 1. The standard InChI is InChI=1S/C18H18N4O/c1-3-8-20-18(22-19)12-4-6-16-15-7-5-14(23-2)9-13(15)11-21-17(16)10-12/h3-7,9-11H,1,8,19H2,2H3,(H,20,22). The molecule has 0 aliphatic rings. The van der Waals surface area contributed by atoms with Gasteiger partial charge < -0.3 is 10.2 Å². The SMILES string of the molecule is C=CCN=C(NN)c1ccc2c(c1)ncc1cc(OC)ccc12. The van der Waals surface area contributed by atoms with Gasteiger partial charge in [0.05, 0.1) is 19.2 Å². The van der Waals surface area contributed by atoms with E-state index in [1.54, 1.807) is 13.2 Å². The summed E-state index contributed by atoms with van der Waals surface area (Å²) in [5.41, 5.74) is 4.41. The Balaban J connectivity index is 2.14. The molecule has 116 valence electrons. The second kappa shape index (κ2) is 6.46. The fourth-order valence-electron chi connectivity index (χ4n) is 2.55. The molecule has 23 heavy (non-hydrogen) atoms. The predicted molar refractivity (Wildman–Crippen MR) is 94.7 cm³/mol. The van der Waals surface area contributed by atoms with Gasteiger partial charge in [0.1, 0.15) is 11.6 Å². The fraction of sp³-hybridized carbons (Fsp3) is 0.111. The van der Waals surface area contributed by atoms with Crippen molar-refractivity contribution in [2.75, 3.05) is 13.7 Å². The third-order valence-corrected chi connectivity index (χ3v) is 3.68. The van der Waals surface area contributed by atoms with Gasteiger partial charge in [-0.3, -0.25) is 9.98 Å². The molecule has 0 unspecified atom stereocenters. The summed E-state index contributed by atoms with van der Waals surface area (Å²) >= 11 is 0. The molecule has 3 N–H and O–H groups in total. The molecule has 1 aromatic heterocycles. The Morgan fingerprint density at radius 3 is 2.87 bits per heavy atom. The number of nitrogens with one attached hydrogen (secondary N) is 1. The number of fused-ring (bicyclic) bond motifs is 3. The zero-order valence-corrected chi connectivity index (χ0v) is 12.9. The molecule has 5 heteroatoms. The van der Waals surface area contributed by atoms with Crippen molar-refractivity contribution in [3.05, 3.63) is 60.8 Å². The van der Waals surface area contributed by atoms with Crippen LogP contribution in [-0.2, 0) is 0 Å². The molecule has 3 rings (SSSR count).